The standard InChI is InChI=1S/C30H38N4O3/c1-20-6-12-25(36-20)5-3-2-4-21-7-10-24(11-8-21)34-19-28-29(33-30(34)35)32-26-18-23(9-13-27(26)37-28)22-14-16-31-17-15-22/h6,9,12-13,18-19,21-22,24,31H,2-5,7-8,10-11,14-17H2,1H3,(H,32,33,35). The molecule has 1 saturated carbocycles. The molecule has 1 aromatic carbocycles. The third-order valence-electron chi connectivity index (χ3n) is 8.50. The molecule has 2 N–H and O–H groups in total. The molecule has 1 aliphatic carbocycles. The van der Waals surface area contributed by atoms with Gasteiger partial charge >= 0.3 is 5.69 Å². The second kappa shape index (κ2) is 10.7. The highest BCUT2D eigenvalue weighted by atomic mass is 16.5. The van der Waals surface area contributed by atoms with Crippen molar-refractivity contribution in [1.82, 2.24) is 14.9 Å². The van der Waals surface area contributed by atoms with Crippen LogP contribution in [0.4, 0.5) is 11.5 Å². The molecule has 0 bridgehead atoms. The summed E-state index contributed by atoms with van der Waals surface area (Å²) in [4.78, 5) is 17.4. The Morgan fingerprint density at radius 2 is 1.84 bits per heavy atom. The van der Waals surface area contributed by atoms with Gasteiger partial charge in [-0.3, -0.25) is 4.57 Å². The van der Waals surface area contributed by atoms with E-state index in [1.54, 1.807) is 0 Å². The van der Waals surface area contributed by atoms with E-state index >= 15 is 0 Å². The smallest absolute Gasteiger partial charge is 0.350 e. The predicted molar refractivity (Wildman–Crippen MR) is 145 cm³/mol. The van der Waals surface area contributed by atoms with Crippen molar-refractivity contribution in [3.05, 3.63) is 64.1 Å². The zero-order valence-electron chi connectivity index (χ0n) is 21.8. The highest BCUT2D eigenvalue weighted by molar-refractivity contribution is 5.73. The van der Waals surface area contributed by atoms with Gasteiger partial charge in [0.15, 0.2) is 17.3 Å². The summed E-state index contributed by atoms with van der Waals surface area (Å²) in [5.41, 5.74) is 2.03. The molecule has 2 aliphatic heterocycles. The summed E-state index contributed by atoms with van der Waals surface area (Å²) in [6.07, 6.45) is 13.2. The van der Waals surface area contributed by atoms with Crippen molar-refractivity contribution < 1.29 is 9.15 Å². The summed E-state index contributed by atoms with van der Waals surface area (Å²) in [5, 5.41) is 6.80. The molecule has 4 heterocycles. The lowest BCUT2D eigenvalue weighted by Crippen LogP contribution is -2.30. The molecule has 2 aromatic heterocycles. The van der Waals surface area contributed by atoms with Crippen LogP contribution in [0.2, 0.25) is 0 Å². The van der Waals surface area contributed by atoms with Crippen LogP contribution < -0.4 is 21.1 Å². The van der Waals surface area contributed by atoms with Gasteiger partial charge in [-0.1, -0.05) is 18.9 Å². The number of furan rings is 1. The quantitative estimate of drug-likeness (QED) is 0.277. The van der Waals surface area contributed by atoms with Gasteiger partial charge in [-0.15, -0.1) is 0 Å². The maximum absolute atomic E-state index is 13.0. The Morgan fingerprint density at radius 3 is 2.62 bits per heavy atom. The fourth-order valence-electron chi connectivity index (χ4n) is 6.33. The van der Waals surface area contributed by atoms with Crippen LogP contribution in [-0.2, 0) is 6.42 Å². The number of rotatable bonds is 7. The topological polar surface area (TPSA) is 81.3 Å². The number of benzene rings is 1. The third kappa shape index (κ3) is 5.47. The largest absolute Gasteiger partial charge is 0.466 e. The summed E-state index contributed by atoms with van der Waals surface area (Å²) in [6, 6.07) is 10.7. The van der Waals surface area contributed by atoms with Crippen LogP contribution in [0.3, 0.4) is 0 Å². The van der Waals surface area contributed by atoms with Crippen LogP contribution in [0.1, 0.15) is 86.8 Å². The van der Waals surface area contributed by atoms with Gasteiger partial charge in [-0.05, 0) is 107 Å². The van der Waals surface area contributed by atoms with Crippen LogP contribution in [0.15, 0.2) is 45.7 Å². The average Bonchev–Trinajstić information content (AvgIpc) is 3.35. The fourth-order valence-corrected chi connectivity index (χ4v) is 6.33. The molecule has 37 heavy (non-hydrogen) atoms. The van der Waals surface area contributed by atoms with Crippen molar-refractivity contribution >= 4 is 11.5 Å². The number of aromatic nitrogens is 2. The number of piperidine rings is 1. The lowest BCUT2D eigenvalue weighted by molar-refractivity contribution is 0.252. The van der Waals surface area contributed by atoms with Crippen LogP contribution in [0.5, 0.6) is 11.5 Å². The Labute approximate surface area is 218 Å². The molecule has 6 rings (SSSR count). The number of hydrogen-bond donors (Lipinski definition) is 2. The predicted octanol–water partition coefficient (Wildman–Crippen LogP) is 6.61. The van der Waals surface area contributed by atoms with Crippen molar-refractivity contribution in [2.45, 2.75) is 83.1 Å². The molecular weight excluding hydrogens is 464 g/mol. The van der Waals surface area contributed by atoms with E-state index in [0.29, 0.717) is 17.5 Å². The van der Waals surface area contributed by atoms with Crippen molar-refractivity contribution in [2.24, 2.45) is 5.92 Å². The van der Waals surface area contributed by atoms with E-state index in [4.69, 9.17) is 9.15 Å². The number of nitrogens with zero attached hydrogens (tertiary/aromatic N) is 2. The Hall–Kier alpha value is -3.06. The molecule has 7 nitrogen and oxygen atoms in total. The van der Waals surface area contributed by atoms with Gasteiger partial charge < -0.3 is 19.8 Å². The van der Waals surface area contributed by atoms with Crippen LogP contribution in [0.25, 0.3) is 0 Å². The number of unbranched alkanes of at least 4 members (excludes halogenated alkanes) is 1. The maximum Gasteiger partial charge on any atom is 0.350 e. The summed E-state index contributed by atoms with van der Waals surface area (Å²) in [6.45, 7) is 4.12. The maximum atomic E-state index is 13.0. The second-order valence-corrected chi connectivity index (χ2v) is 11.1. The Balaban J connectivity index is 1.05. The monoisotopic (exact) mass is 502 g/mol. The minimum absolute atomic E-state index is 0.190. The molecule has 1 saturated heterocycles. The highest BCUT2D eigenvalue weighted by Crippen LogP contribution is 2.43. The van der Waals surface area contributed by atoms with Gasteiger partial charge in [-0.25, -0.2) is 4.79 Å². The molecule has 3 aliphatic rings. The molecular formula is C30H38N4O3. The molecule has 3 aromatic rings. The Morgan fingerprint density at radius 1 is 1.00 bits per heavy atom. The lowest BCUT2D eigenvalue weighted by Gasteiger charge is -2.30. The molecule has 0 atom stereocenters. The highest BCUT2D eigenvalue weighted by Gasteiger charge is 2.27. The van der Waals surface area contributed by atoms with Crippen LogP contribution in [-0.4, -0.2) is 22.6 Å². The van der Waals surface area contributed by atoms with E-state index in [1.165, 1.54) is 24.8 Å². The first-order chi connectivity index (χ1) is 18.1. The van der Waals surface area contributed by atoms with E-state index in [2.05, 4.69) is 39.9 Å². The Kier molecular flexibility index (Phi) is 7.05. The number of aryl methyl sites for hydroxylation is 2. The van der Waals surface area contributed by atoms with Crippen molar-refractivity contribution in [1.29, 1.82) is 0 Å². The number of ether oxygens (including phenoxy) is 1. The SMILES string of the molecule is Cc1ccc(CCCCC2CCC(n3cc4c(nc3=O)Nc3cc(C5CCNCC5)ccc3O4)CC2)o1. The van der Waals surface area contributed by atoms with Gasteiger partial charge in [0.1, 0.15) is 11.5 Å². The second-order valence-electron chi connectivity index (χ2n) is 11.1. The van der Waals surface area contributed by atoms with E-state index in [-0.39, 0.29) is 11.7 Å². The van der Waals surface area contributed by atoms with Gasteiger partial charge in [0.2, 0.25) is 0 Å². The van der Waals surface area contributed by atoms with Crippen LogP contribution >= 0.6 is 0 Å². The van der Waals surface area contributed by atoms with Crippen molar-refractivity contribution in [2.75, 3.05) is 18.4 Å². The van der Waals surface area contributed by atoms with E-state index < -0.39 is 0 Å². The zero-order chi connectivity index (χ0) is 25.2. The summed E-state index contributed by atoms with van der Waals surface area (Å²) in [5.74, 6) is 5.36. The Bertz CT molecular complexity index is 1280. The van der Waals surface area contributed by atoms with E-state index in [0.717, 1.165) is 86.9 Å². The fraction of sp³-hybridized carbons (Fsp3) is 0.533. The first kappa shape index (κ1) is 24.3. The molecule has 7 heteroatoms. The summed E-state index contributed by atoms with van der Waals surface area (Å²) in [7, 11) is 0. The molecule has 0 spiro atoms. The van der Waals surface area contributed by atoms with Gasteiger partial charge in [0, 0.05) is 12.5 Å². The van der Waals surface area contributed by atoms with Crippen molar-refractivity contribution in [3.63, 3.8) is 0 Å². The minimum Gasteiger partial charge on any atom is -0.466 e. The first-order valence-electron chi connectivity index (χ1n) is 14.1. The van der Waals surface area contributed by atoms with E-state index in [1.807, 2.05) is 23.8 Å². The molecule has 2 fully saturated rings. The first-order valence-corrected chi connectivity index (χ1v) is 14.1. The molecule has 0 unspecified atom stereocenters. The number of nitrogens with one attached hydrogen (secondary N) is 2. The van der Waals surface area contributed by atoms with E-state index in [9.17, 15) is 4.79 Å². The third-order valence-corrected chi connectivity index (χ3v) is 8.50. The summed E-state index contributed by atoms with van der Waals surface area (Å²) < 4.78 is 13.7. The van der Waals surface area contributed by atoms with Gasteiger partial charge in [0.25, 0.3) is 0 Å². The average molecular weight is 503 g/mol. The number of fused-ring (bicyclic) bond motifs is 2. The number of hydrogen-bond acceptors (Lipinski definition) is 6. The zero-order valence-corrected chi connectivity index (χ0v) is 21.8. The van der Waals surface area contributed by atoms with Gasteiger partial charge in [0.05, 0.1) is 11.9 Å². The molecule has 0 amide bonds. The van der Waals surface area contributed by atoms with Gasteiger partial charge in [-0.2, -0.15) is 4.98 Å². The van der Waals surface area contributed by atoms with Crippen molar-refractivity contribution in [3.8, 4) is 11.5 Å². The van der Waals surface area contributed by atoms with Crippen LogP contribution in [0, 0.1) is 12.8 Å². The lowest BCUT2D eigenvalue weighted by atomic mass is 9.83. The minimum atomic E-state index is -0.190. The molecule has 196 valence electrons. The normalized spacial score (nSPS) is 21.5. The molecule has 0 radical (unpaired) electrons. The number of anilines is 2. The summed E-state index contributed by atoms with van der Waals surface area (Å²) >= 11 is 0.